The number of hydrogen-bond acceptors (Lipinski definition) is 16. The second-order valence-corrected chi connectivity index (χ2v) is 19.7. The minimum Gasteiger partial charge on any atom is -0.394 e. The maximum Gasteiger partial charge on any atom is 0.186 e. The summed E-state index contributed by atoms with van der Waals surface area (Å²) in [6, 6.07) is 0. The highest BCUT2D eigenvalue weighted by Gasteiger charge is 2.72. The summed E-state index contributed by atoms with van der Waals surface area (Å²) in [6.07, 6.45) is -12.3. The second kappa shape index (κ2) is 17.6. The molecule has 57 heavy (non-hydrogen) atoms. The van der Waals surface area contributed by atoms with E-state index in [1.165, 1.54) is 0 Å². The van der Waals surface area contributed by atoms with Crippen LogP contribution in [0.2, 0.25) is 0 Å². The molecule has 6 fully saturated rings. The summed E-state index contributed by atoms with van der Waals surface area (Å²) >= 11 is 0. The molecule has 6 aliphatic rings. The summed E-state index contributed by atoms with van der Waals surface area (Å²) in [5.41, 5.74) is -2.28. The topological polar surface area (TPSA) is 280 Å². The van der Waals surface area contributed by atoms with Crippen LogP contribution in [0, 0.1) is 52.3 Å². The zero-order chi connectivity index (χ0) is 41.9. The number of aliphatic hydroxyl groups is 12. The predicted octanol–water partition coefficient (Wildman–Crippen LogP) is -1.25. The Morgan fingerprint density at radius 2 is 1.30 bits per heavy atom. The van der Waals surface area contributed by atoms with Crippen LogP contribution < -0.4 is 0 Å². The van der Waals surface area contributed by atoms with Crippen molar-refractivity contribution in [3.63, 3.8) is 0 Å². The number of fused-ring (bicyclic) bond motifs is 5. The minimum atomic E-state index is -1.57. The smallest absolute Gasteiger partial charge is 0.186 e. The van der Waals surface area contributed by atoms with Crippen molar-refractivity contribution in [2.75, 3.05) is 19.8 Å². The van der Waals surface area contributed by atoms with Gasteiger partial charge in [0.05, 0.1) is 49.8 Å². The van der Waals surface area contributed by atoms with Crippen LogP contribution in [0.25, 0.3) is 0 Å². The van der Waals surface area contributed by atoms with Crippen molar-refractivity contribution < 1.29 is 80.2 Å². The molecular formula is C41H72O16. The fourth-order valence-corrected chi connectivity index (χ4v) is 13.0. The number of hydrogen-bond donors (Lipinski definition) is 12. The van der Waals surface area contributed by atoms with Crippen LogP contribution in [-0.4, -0.2) is 173 Å². The molecule has 9 unspecified atom stereocenters. The maximum atomic E-state index is 12.6. The Balaban J connectivity index is 1.01. The van der Waals surface area contributed by atoms with Gasteiger partial charge in [-0.3, -0.25) is 0 Å². The van der Waals surface area contributed by atoms with E-state index in [4.69, 9.17) is 24.1 Å². The summed E-state index contributed by atoms with van der Waals surface area (Å²) in [5.74, 6) is -0.735. The van der Waals surface area contributed by atoms with Gasteiger partial charge >= 0.3 is 0 Å². The summed E-state index contributed by atoms with van der Waals surface area (Å²) in [5, 5.41) is 129. The van der Waals surface area contributed by atoms with Crippen molar-refractivity contribution in [3.05, 3.63) is 0 Å². The molecule has 0 bridgehead atoms. The van der Waals surface area contributed by atoms with Crippen molar-refractivity contribution in [3.8, 4) is 0 Å². The lowest BCUT2D eigenvalue weighted by Gasteiger charge is -2.65. The monoisotopic (exact) mass is 820 g/mol. The van der Waals surface area contributed by atoms with Crippen molar-refractivity contribution in [1.29, 1.82) is 0 Å². The van der Waals surface area contributed by atoms with Gasteiger partial charge in [0.15, 0.2) is 12.6 Å². The highest BCUT2D eigenvalue weighted by Crippen LogP contribution is 2.70. The molecule has 12 N–H and O–H groups in total. The number of ether oxygens (including phenoxy) is 4. The van der Waals surface area contributed by atoms with Crippen LogP contribution in [0.1, 0.15) is 92.4 Å². The molecule has 23 atom stereocenters. The van der Waals surface area contributed by atoms with Gasteiger partial charge in [-0.1, -0.05) is 41.0 Å². The van der Waals surface area contributed by atoms with E-state index in [9.17, 15) is 56.2 Å². The Morgan fingerprint density at radius 1 is 0.702 bits per heavy atom. The lowest BCUT2D eigenvalue weighted by Crippen LogP contribution is -2.68. The Morgan fingerprint density at radius 3 is 1.91 bits per heavy atom. The molecule has 0 aromatic carbocycles. The molecule has 6 rings (SSSR count). The van der Waals surface area contributed by atoms with E-state index in [0.29, 0.717) is 25.7 Å². The quantitative estimate of drug-likeness (QED) is 0.0920. The minimum absolute atomic E-state index is 0.00196. The van der Waals surface area contributed by atoms with E-state index in [1.54, 1.807) is 0 Å². The highest BCUT2D eigenvalue weighted by atomic mass is 16.7. The third-order valence-electron chi connectivity index (χ3n) is 16.0. The van der Waals surface area contributed by atoms with Gasteiger partial charge in [0.25, 0.3) is 0 Å². The summed E-state index contributed by atoms with van der Waals surface area (Å²) in [6.45, 7) is 9.49. The fraction of sp³-hybridized carbons (Fsp3) is 1.00. The first-order valence-electron chi connectivity index (χ1n) is 21.4. The fourth-order valence-electron chi connectivity index (χ4n) is 13.0. The molecule has 2 heterocycles. The van der Waals surface area contributed by atoms with Crippen LogP contribution in [0.15, 0.2) is 0 Å². The first-order valence-corrected chi connectivity index (χ1v) is 21.4. The third kappa shape index (κ3) is 8.23. The summed E-state index contributed by atoms with van der Waals surface area (Å²) in [7, 11) is 0. The predicted molar refractivity (Wildman–Crippen MR) is 201 cm³/mol. The maximum absolute atomic E-state index is 12.6. The molecule has 0 aromatic heterocycles. The van der Waals surface area contributed by atoms with Crippen molar-refractivity contribution in [2.24, 2.45) is 52.3 Å². The van der Waals surface area contributed by atoms with E-state index in [1.807, 2.05) is 0 Å². The Hall–Kier alpha value is -0.640. The van der Waals surface area contributed by atoms with Crippen LogP contribution in [0.4, 0.5) is 0 Å². The average Bonchev–Trinajstić information content (AvgIpc) is 3.68. The Bertz CT molecular complexity index is 1330. The SMILES string of the molecule is CC(C)[C@@H](CCOC1O[C@@H](C(O)CO[C@@H]2O[C@@H](C(O)CO)C(O)C2O)C(O)[C@@H]1O)CC[C@@H](C)[C@H]1[C@@H](O)[C@@H](O)C2[C@]3(O)C[C@H](O)C4C[C@@H](O)CC[C@]4(C)C3CC[C@@]21C. The number of rotatable bonds is 15. The van der Waals surface area contributed by atoms with E-state index in [-0.39, 0.29) is 54.0 Å². The number of aliphatic hydroxyl groups excluding tert-OH is 11. The van der Waals surface area contributed by atoms with Gasteiger partial charge in [0, 0.05) is 12.3 Å². The van der Waals surface area contributed by atoms with Crippen molar-refractivity contribution in [1.82, 2.24) is 0 Å². The van der Waals surface area contributed by atoms with Gasteiger partial charge < -0.3 is 80.2 Å². The van der Waals surface area contributed by atoms with Crippen molar-refractivity contribution >= 4 is 0 Å². The molecule has 16 heteroatoms. The molecule has 0 amide bonds. The van der Waals surface area contributed by atoms with Gasteiger partial charge in [-0.05, 0) is 91.3 Å². The van der Waals surface area contributed by atoms with Crippen molar-refractivity contribution in [2.45, 2.75) is 184 Å². The normalized spacial score (nSPS) is 50.6. The van der Waals surface area contributed by atoms with Gasteiger partial charge in [-0.15, -0.1) is 0 Å². The average molecular weight is 821 g/mol. The molecule has 4 saturated carbocycles. The molecule has 2 saturated heterocycles. The van der Waals surface area contributed by atoms with Gasteiger partial charge in [0.2, 0.25) is 0 Å². The van der Waals surface area contributed by atoms with Gasteiger partial charge in [-0.2, -0.15) is 0 Å². The molecule has 0 spiro atoms. The molecule has 16 nitrogen and oxygen atoms in total. The largest absolute Gasteiger partial charge is 0.394 e. The molecular weight excluding hydrogens is 748 g/mol. The van der Waals surface area contributed by atoms with Crippen LogP contribution >= 0.6 is 0 Å². The van der Waals surface area contributed by atoms with Gasteiger partial charge in [-0.25, -0.2) is 0 Å². The lowest BCUT2D eigenvalue weighted by atomic mass is 9.42. The van der Waals surface area contributed by atoms with E-state index in [2.05, 4.69) is 34.6 Å². The molecule has 0 radical (unpaired) electrons. The molecule has 332 valence electrons. The molecule has 2 aliphatic heterocycles. The molecule has 4 aliphatic carbocycles. The van der Waals surface area contributed by atoms with E-state index in [0.717, 1.165) is 25.7 Å². The van der Waals surface area contributed by atoms with Crippen LogP contribution in [0.3, 0.4) is 0 Å². The van der Waals surface area contributed by atoms with Crippen LogP contribution in [0.5, 0.6) is 0 Å². The second-order valence-electron chi connectivity index (χ2n) is 19.7. The highest BCUT2D eigenvalue weighted by molar-refractivity contribution is 5.21. The zero-order valence-corrected chi connectivity index (χ0v) is 34.1. The van der Waals surface area contributed by atoms with Gasteiger partial charge in [0.1, 0.15) is 48.8 Å². The van der Waals surface area contributed by atoms with E-state index < -0.39 is 116 Å². The lowest BCUT2D eigenvalue weighted by molar-refractivity contribution is -0.264. The summed E-state index contributed by atoms with van der Waals surface area (Å²) < 4.78 is 22.3. The Labute approximate surface area is 335 Å². The van der Waals surface area contributed by atoms with Crippen LogP contribution in [-0.2, 0) is 18.9 Å². The molecule has 0 aromatic rings. The third-order valence-corrected chi connectivity index (χ3v) is 16.0. The first-order chi connectivity index (χ1) is 26.7. The first kappa shape index (κ1) is 45.9. The zero-order valence-electron chi connectivity index (χ0n) is 34.1. The Kier molecular flexibility index (Phi) is 14.2. The standard InChI is InChI=1S/C41H72O16/c1-18(2)20(10-13-54-37-32(51)30(49)35(57-37)25(46)17-55-38-33(52)29(48)34(56-38)24(45)16-42)7-6-19(3)27-28(47)31(50)36-40(27,5)12-9-26-39(4)11-8-21(43)14-22(39)23(44)15-41(26,36)53/h18-38,42-53H,6-17H2,1-5H3/t19-,20-,21+,22?,23+,24?,25?,26?,27+,28-,29?,30?,31-,32+,33?,34+,35+,36?,37?,38-,39+,40-,41+/m1/s1. The summed E-state index contributed by atoms with van der Waals surface area (Å²) in [4.78, 5) is 0. The van der Waals surface area contributed by atoms with E-state index >= 15 is 0 Å².